The number of hydrogen-bond donors (Lipinski definition) is 0. The minimum Gasteiger partial charge on any atom is -0.494 e. The summed E-state index contributed by atoms with van der Waals surface area (Å²) in [5.41, 5.74) is 4.21. The number of rotatable bonds is 4. The van der Waals surface area contributed by atoms with Gasteiger partial charge in [-0.2, -0.15) is 5.10 Å². The topological polar surface area (TPSA) is 70.7 Å². The van der Waals surface area contributed by atoms with Crippen LogP contribution in [0, 0.1) is 13.8 Å². The maximum Gasteiger partial charge on any atom is 0.164 e. The van der Waals surface area contributed by atoms with Crippen LogP contribution in [0.5, 0.6) is 5.75 Å². The fourth-order valence-corrected chi connectivity index (χ4v) is 4.50. The molecule has 158 valence electrons. The minimum atomic E-state index is -0.153. The first kappa shape index (κ1) is 19.5. The van der Waals surface area contributed by atoms with Gasteiger partial charge in [0.15, 0.2) is 5.82 Å². The molecule has 0 aliphatic carbocycles. The summed E-state index contributed by atoms with van der Waals surface area (Å²) in [6, 6.07) is 14.8. The molecule has 0 radical (unpaired) electrons. The quantitative estimate of drug-likeness (QED) is 0.499. The molecule has 1 unspecified atom stereocenters. The van der Waals surface area contributed by atoms with Crippen molar-refractivity contribution in [1.82, 2.24) is 29.5 Å². The summed E-state index contributed by atoms with van der Waals surface area (Å²) in [4.78, 5) is 4.22. The normalized spacial score (nSPS) is 18.1. The molecule has 0 amide bonds. The molecule has 1 aliphatic heterocycles. The molecular formula is C24H26N6O. The Bertz CT molecular complexity index is 1240. The summed E-state index contributed by atoms with van der Waals surface area (Å²) in [7, 11) is 1.67. The summed E-state index contributed by atoms with van der Waals surface area (Å²) in [6.07, 6.45) is 3.83. The van der Waals surface area contributed by atoms with E-state index in [0.29, 0.717) is 5.82 Å². The van der Waals surface area contributed by atoms with E-state index >= 15 is 0 Å². The highest BCUT2D eigenvalue weighted by Gasteiger charge is 2.38. The second-order valence-electron chi connectivity index (χ2n) is 8.42. The van der Waals surface area contributed by atoms with E-state index in [0.717, 1.165) is 48.0 Å². The lowest BCUT2D eigenvalue weighted by Crippen LogP contribution is -2.32. The minimum absolute atomic E-state index is 0.153. The molecule has 0 bridgehead atoms. The van der Waals surface area contributed by atoms with Gasteiger partial charge in [0.05, 0.1) is 12.5 Å². The van der Waals surface area contributed by atoms with E-state index in [1.807, 2.05) is 25.1 Å². The first-order chi connectivity index (χ1) is 15.0. The molecule has 0 fully saturated rings. The highest BCUT2D eigenvalue weighted by atomic mass is 16.5. The largest absolute Gasteiger partial charge is 0.494 e. The maximum absolute atomic E-state index is 5.67. The van der Waals surface area contributed by atoms with Crippen LogP contribution in [-0.4, -0.2) is 36.6 Å². The van der Waals surface area contributed by atoms with Gasteiger partial charge < -0.3 is 9.30 Å². The van der Waals surface area contributed by atoms with Crippen LogP contribution >= 0.6 is 0 Å². The molecule has 0 spiro atoms. The second kappa shape index (κ2) is 7.34. The fourth-order valence-electron chi connectivity index (χ4n) is 4.50. The summed E-state index contributed by atoms with van der Waals surface area (Å²) < 4.78 is 9.66. The molecular weight excluding hydrogens is 388 g/mol. The van der Waals surface area contributed by atoms with Crippen LogP contribution in [0.25, 0.3) is 17.1 Å². The lowest BCUT2D eigenvalue weighted by molar-refractivity contribution is 0.378. The van der Waals surface area contributed by atoms with Gasteiger partial charge in [-0.25, -0.2) is 9.67 Å². The van der Waals surface area contributed by atoms with E-state index in [1.54, 1.807) is 18.1 Å². The van der Waals surface area contributed by atoms with Gasteiger partial charge in [-0.1, -0.05) is 29.8 Å². The molecule has 0 N–H and O–H groups in total. The molecule has 2 aromatic heterocycles. The fraction of sp³-hybridized carbons (Fsp3) is 0.333. The molecule has 0 saturated carbocycles. The van der Waals surface area contributed by atoms with Crippen LogP contribution in [0.15, 0.2) is 48.8 Å². The lowest BCUT2D eigenvalue weighted by Gasteiger charge is -2.34. The maximum atomic E-state index is 5.67. The van der Waals surface area contributed by atoms with Gasteiger partial charge in [-0.15, -0.1) is 10.2 Å². The van der Waals surface area contributed by atoms with Crippen molar-refractivity contribution in [1.29, 1.82) is 0 Å². The van der Waals surface area contributed by atoms with Crippen molar-refractivity contribution in [3.8, 4) is 22.8 Å². The third kappa shape index (κ3) is 3.21. The SMILES string of the molecule is COc1cc(-c2nnc3n2CCCC3(C)c2ccc(C)cc2)ccc1-n1cnc(C)n1. The summed E-state index contributed by atoms with van der Waals surface area (Å²) in [5, 5.41) is 13.7. The van der Waals surface area contributed by atoms with Crippen molar-refractivity contribution >= 4 is 0 Å². The van der Waals surface area contributed by atoms with Gasteiger partial charge in [-0.05, 0) is 57.4 Å². The highest BCUT2D eigenvalue weighted by molar-refractivity contribution is 5.63. The van der Waals surface area contributed by atoms with Gasteiger partial charge in [0.25, 0.3) is 0 Å². The van der Waals surface area contributed by atoms with Crippen LogP contribution in [0.2, 0.25) is 0 Å². The zero-order valence-corrected chi connectivity index (χ0v) is 18.3. The van der Waals surface area contributed by atoms with Gasteiger partial charge in [0, 0.05) is 12.1 Å². The number of aryl methyl sites for hydroxylation is 2. The number of hydrogen-bond acceptors (Lipinski definition) is 5. The molecule has 5 rings (SSSR count). The Hall–Kier alpha value is -3.48. The predicted molar refractivity (Wildman–Crippen MR) is 119 cm³/mol. The number of benzene rings is 2. The summed E-state index contributed by atoms with van der Waals surface area (Å²) in [5.74, 6) is 3.32. The Kier molecular flexibility index (Phi) is 4.61. The van der Waals surface area contributed by atoms with Crippen LogP contribution < -0.4 is 4.74 Å². The van der Waals surface area contributed by atoms with Gasteiger partial charge in [0.1, 0.15) is 29.4 Å². The number of methoxy groups -OCH3 is 1. The molecule has 1 atom stereocenters. The average molecular weight is 415 g/mol. The molecule has 7 heteroatoms. The second-order valence-corrected chi connectivity index (χ2v) is 8.42. The van der Waals surface area contributed by atoms with E-state index in [2.05, 4.69) is 63.0 Å². The number of ether oxygens (including phenoxy) is 1. The number of fused-ring (bicyclic) bond motifs is 1. The zero-order valence-electron chi connectivity index (χ0n) is 18.3. The third-order valence-corrected chi connectivity index (χ3v) is 6.28. The molecule has 4 aromatic rings. The standard InChI is InChI=1S/C24H26N6O/c1-16-6-9-19(10-7-16)24(3)12-5-13-29-22(26-27-23(24)29)18-8-11-20(21(14-18)31-4)30-15-25-17(2)28-30/h6-11,14-15H,5,12-13H2,1-4H3. The third-order valence-electron chi connectivity index (χ3n) is 6.28. The summed E-state index contributed by atoms with van der Waals surface area (Å²) in [6.45, 7) is 7.17. The lowest BCUT2D eigenvalue weighted by atomic mass is 9.76. The molecule has 7 nitrogen and oxygen atoms in total. The van der Waals surface area contributed by atoms with Gasteiger partial charge in [0.2, 0.25) is 0 Å². The van der Waals surface area contributed by atoms with Crippen molar-refractivity contribution in [2.75, 3.05) is 7.11 Å². The van der Waals surface area contributed by atoms with Gasteiger partial charge in [-0.3, -0.25) is 0 Å². The smallest absolute Gasteiger partial charge is 0.164 e. The van der Waals surface area contributed by atoms with Crippen molar-refractivity contribution in [2.24, 2.45) is 0 Å². The van der Waals surface area contributed by atoms with Crippen molar-refractivity contribution < 1.29 is 4.74 Å². The molecule has 3 heterocycles. The van der Waals surface area contributed by atoms with Crippen molar-refractivity contribution in [2.45, 2.75) is 45.6 Å². The van der Waals surface area contributed by atoms with E-state index in [9.17, 15) is 0 Å². The first-order valence-corrected chi connectivity index (χ1v) is 10.6. The van der Waals surface area contributed by atoms with E-state index in [-0.39, 0.29) is 5.41 Å². The summed E-state index contributed by atoms with van der Waals surface area (Å²) >= 11 is 0. The molecule has 0 saturated heterocycles. The Balaban J connectivity index is 1.57. The predicted octanol–water partition coefficient (Wildman–Crippen LogP) is 4.25. The Labute approximate surface area is 181 Å². The van der Waals surface area contributed by atoms with Crippen LogP contribution in [-0.2, 0) is 12.0 Å². The van der Waals surface area contributed by atoms with Crippen molar-refractivity contribution in [3.63, 3.8) is 0 Å². The molecule has 31 heavy (non-hydrogen) atoms. The Morgan fingerprint density at radius 2 is 1.84 bits per heavy atom. The number of nitrogens with zero attached hydrogens (tertiary/aromatic N) is 6. The van der Waals surface area contributed by atoms with E-state index in [4.69, 9.17) is 4.74 Å². The van der Waals surface area contributed by atoms with E-state index in [1.165, 1.54) is 11.1 Å². The monoisotopic (exact) mass is 414 g/mol. The first-order valence-electron chi connectivity index (χ1n) is 10.6. The Morgan fingerprint density at radius 1 is 1.03 bits per heavy atom. The van der Waals surface area contributed by atoms with Crippen molar-refractivity contribution in [3.05, 3.63) is 71.6 Å². The molecule has 2 aromatic carbocycles. The van der Waals surface area contributed by atoms with Crippen LogP contribution in [0.3, 0.4) is 0 Å². The van der Waals surface area contributed by atoms with Crippen LogP contribution in [0.4, 0.5) is 0 Å². The average Bonchev–Trinajstić information content (AvgIpc) is 3.41. The number of aromatic nitrogens is 6. The molecule has 1 aliphatic rings. The zero-order chi connectivity index (χ0) is 21.6. The van der Waals surface area contributed by atoms with E-state index < -0.39 is 0 Å². The van der Waals surface area contributed by atoms with Crippen LogP contribution in [0.1, 0.15) is 42.5 Å². The van der Waals surface area contributed by atoms with Gasteiger partial charge >= 0.3 is 0 Å². The highest BCUT2D eigenvalue weighted by Crippen LogP contribution is 2.41. The Morgan fingerprint density at radius 3 is 2.55 bits per heavy atom.